The number of halogens is 1. The molecule has 1 aromatic heterocycles. The molecule has 1 saturated heterocycles. The molecule has 0 amide bonds. The van der Waals surface area contributed by atoms with Crippen LogP contribution in [0.25, 0.3) is 5.57 Å². The molecule has 2 heterocycles. The Morgan fingerprint density at radius 2 is 2.32 bits per heavy atom. The first-order chi connectivity index (χ1) is 9.29. The first-order valence-electron chi connectivity index (χ1n) is 6.90. The molecule has 0 saturated carbocycles. The lowest BCUT2D eigenvalue weighted by Crippen LogP contribution is -2.38. The first-order valence-corrected chi connectivity index (χ1v) is 7.28. The van der Waals surface area contributed by atoms with Gasteiger partial charge < -0.3 is 10.1 Å². The highest BCUT2D eigenvalue weighted by molar-refractivity contribution is 6.30. The quantitative estimate of drug-likeness (QED) is 0.844. The molecule has 19 heavy (non-hydrogen) atoms. The fourth-order valence-electron chi connectivity index (χ4n) is 3.29. The van der Waals surface area contributed by atoms with Crippen molar-refractivity contribution in [3.05, 3.63) is 29.1 Å². The highest BCUT2D eigenvalue weighted by Crippen LogP contribution is 2.40. The molecule has 1 aliphatic heterocycles. The van der Waals surface area contributed by atoms with Gasteiger partial charge in [0, 0.05) is 12.7 Å². The van der Waals surface area contributed by atoms with Gasteiger partial charge in [-0.25, -0.2) is 4.98 Å². The Labute approximate surface area is 119 Å². The summed E-state index contributed by atoms with van der Waals surface area (Å²) < 4.78 is 5.28. The molecule has 4 heteroatoms. The predicted octanol–water partition coefficient (Wildman–Crippen LogP) is 3.15. The Morgan fingerprint density at radius 1 is 1.42 bits per heavy atom. The van der Waals surface area contributed by atoms with Gasteiger partial charge in [-0.1, -0.05) is 17.7 Å². The van der Waals surface area contributed by atoms with Crippen LogP contribution in [0.5, 0.6) is 5.75 Å². The van der Waals surface area contributed by atoms with E-state index < -0.39 is 0 Å². The topological polar surface area (TPSA) is 34.1 Å². The van der Waals surface area contributed by atoms with Gasteiger partial charge in [-0.05, 0) is 54.8 Å². The summed E-state index contributed by atoms with van der Waals surface area (Å²) in [6.07, 6.45) is 7.99. The average molecular weight is 279 g/mol. The highest BCUT2D eigenvalue weighted by atomic mass is 35.5. The lowest BCUT2D eigenvalue weighted by Gasteiger charge is -2.37. The number of nitrogens with zero attached hydrogens (tertiary/aromatic N) is 1. The highest BCUT2D eigenvalue weighted by Gasteiger charge is 2.31. The van der Waals surface area contributed by atoms with Gasteiger partial charge in [-0.3, -0.25) is 0 Å². The molecule has 3 rings (SSSR count). The van der Waals surface area contributed by atoms with Crippen LogP contribution in [0.1, 0.15) is 24.8 Å². The summed E-state index contributed by atoms with van der Waals surface area (Å²) in [6, 6.07) is 2.01. The Kier molecular flexibility index (Phi) is 3.76. The maximum Gasteiger partial charge on any atom is 0.171 e. The van der Waals surface area contributed by atoms with E-state index in [9.17, 15) is 0 Å². The van der Waals surface area contributed by atoms with Crippen LogP contribution in [-0.2, 0) is 0 Å². The summed E-state index contributed by atoms with van der Waals surface area (Å²) >= 11 is 6.00. The second-order valence-electron chi connectivity index (χ2n) is 5.31. The number of hydrogen-bond acceptors (Lipinski definition) is 3. The molecule has 0 unspecified atom stereocenters. The van der Waals surface area contributed by atoms with Crippen LogP contribution in [-0.4, -0.2) is 25.2 Å². The molecule has 0 bridgehead atoms. The second kappa shape index (κ2) is 5.51. The molecule has 2 aliphatic rings. The summed E-state index contributed by atoms with van der Waals surface area (Å²) in [5, 5.41) is 3.94. The van der Waals surface area contributed by atoms with Crippen LogP contribution in [0.4, 0.5) is 0 Å². The number of ether oxygens (including phenoxy) is 1. The number of hydrogen-bond donors (Lipinski definition) is 1. The lowest BCUT2D eigenvalue weighted by molar-refractivity contribution is 0.285. The number of allylic oxidation sites excluding steroid dienone is 1. The van der Waals surface area contributed by atoms with Crippen molar-refractivity contribution in [3.63, 3.8) is 0 Å². The van der Waals surface area contributed by atoms with Crippen molar-refractivity contribution in [3.8, 4) is 5.75 Å². The fraction of sp³-hybridized carbons (Fsp3) is 0.533. The van der Waals surface area contributed by atoms with Crippen LogP contribution < -0.4 is 10.1 Å². The number of aromatic nitrogens is 1. The van der Waals surface area contributed by atoms with Crippen molar-refractivity contribution in [2.45, 2.75) is 19.3 Å². The van der Waals surface area contributed by atoms with Gasteiger partial charge in [0.15, 0.2) is 10.9 Å². The lowest BCUT2D eigenvalue weighted by atomic mass is 9.73. The third-order valence-electron chi connectivity index (χ3n) is 4.29. The van der Waals surface area contributed by atoms with Crippen LogP contribution in [0.3, 0.4) is 0 Å². The van der Waals surface area contributed by atoms with Gasteiger partial charge in [0.1, 0.15) is 0 Å². The second-order valence-corrected chi connectivity index (χ2v) is 5.67. The largest absolute Gasteiger partial charge is 0.494 e. The fourth-order valence-corrected chi connectivity index (χ4v) is 3.47. The van der Waals surface area contributed by atoms with Crippen molar-refractivity contribution in [2.75, 3.05) is 20.2 Å². The van der Waals surface area contributed by atoms with E-state index in [2.05, 4.69) is 16.4 Å². The molecule has 1 fully saturated rings. The third kappa shape index (κ3) is 2.49. The minimum absolute atomic E-state index is 0.431. The number of rotatable bonds is 2. The molecule has 0 spiro atoms. The van der Waals surface area contributed by atoms with Crippen molar-refractivity contribution in [1.29, 1.82) is 0 Å². The molecule has 1 N–H and O–H groups in total. The first kappa shape index (κ1) is 12.9. The zero-order valence-corrected chi connectivity index (χ0v) is 11.9. The summed E-state index contributed by atoms with van der Waals surface area (Å²) in [5.74, 6) is 2.07. The third-order valence-corrected chi connectivity index (χ3v) is 4.57. The zero-order valence-electron chi connectivity index (χ0n) is 11.2. The summed E-state index contributed by atoms with van der Waals surface area (Å²) in [4.78, 5) is 4.24. The molecule has 0 aromatic carbocycles. The zero-order chi connectivity index (χ0) is 13.2. The number of methoxy groups -OCH3 is 1. The Hall–Kier alpha value is -1.06. The molecule has 1 aliphatic carbocycles. The molecule has 0 radical (unpaired) electrons. The smallest absolute Gasteiger partial charge is 0.171 e. The van der Waals surface area contributed by atoms with Gasteiger partial charge in [0.2, 0.25) is 0 Å². The van der Waals surface area contributed by atoms with Crippen LogP contribution >= 0.6 is 11.6 Å². The van der Waals surface area contributed by atoms with E-state index in [-0.39, 0.29) is 0 Å². The molecule has 2 atom stereocenters. The maximum atomic E-state index is 6.00. The predicted molar refractivity (Wildman–Crippen MR) is 77.5 cm³/mol. The molecule has 1 aromatic rings. The van der Waals surface area contributed by atoms with E-state index in [1.165, 1.54) is 24.8 Å². The van der Waals surface area contributed by atoms with Crippen LogP contribution in [0, 0.1) is 11.8 Å². The number of pyridine rings is 1. The molecule has 3 nitrogen and oxygen atoms in total. The van der Waals surface area contributed by atoms with Crippen molar-refractivity contribution in [1.82, 2.24) is 10.3 Å². The Morgan fingerprint density at radius 3 is 3.16 bits per heavy atom. The van der Waals surface area contributed by atoms with Crippen LogP contribution in [0.15, 0.2) is 18.3 Å². The summed E-state index contributed by atoms with van der Waals surface area (Å²) in [6.45, 7) is 2.22. The molecule has 102 valence electrons. The normalized spacial score (nSPS) is 26.5. The number of fused-ring (bicyclic) bond motifs is 1. The maximum absolute atomic E-state index is 6.00. The molecular formula is C15H19ClN2O. The van der Waals surface area contributed by atoms with Gasteiger partial charge in [0.25, 0.3) is 0 Å². The Bertz CT molecular complexity index is 501. The molecular weight excluding hydrogens is 260 g/mol. The minimum Gasteiger partial charge on any atom is -0.494 e. The van der Waals surface area contributed by atoms with Crippen molar-refractivity contribution < 1.29 is 4.74 Å². The SMILES string of the molecule is COc1cc(C2=CCC[C@H]3CCNC[C@@H]23)cnc1Cl. The van der Waals surface area contributed by atoms with E-state index in [4.69, 9.17) is 16.3 Å². The van der Waals surface area contributed by atoms with E-state index in [1.807, 2.05) is 12.3 Å². The van der Waals surface area contributed by atoms with Gasteiger partial charge in [-0.2, -0.15) is 0 Å². The number of piperidine rings is 1. The monoisotopic (exact) mass is 278 g/mol. The average Bonchev–Trinajstić information content (AvgIpc) is 2.47. The Balaban J connectivity index is 1.94. The van der Waals surface area contributed by atoms with E-state index >= 15 is 0 Å². The standard InChI is InChI=1S/C15H19ClN2O/c1-19-14-7-11(8-18-15(14)16)12-4-2-3-10-5-6-17-9-13(10)12/h4,7-8,10,13,17H,2-3,5-6,9H2,1H3/t10-,13+/m0/s1. The minimum atomic E-state index is 0.431. The van der Waals surface area contributed by atoms with E-state index in [0.717, 1.165) is 24.6 Å². The summed E-state index contributed by atoms with van der Waals surface area (Å²) in [5.41, 5.74) is 2.56. The van der Waals surface area contributed by atoms with Crippen molar-refractivity contribution >= 4 is 17.2 Å². The van der Waals surface area contributed by atoms with Gasteiger partial charge in [0.05, 0.1) is 7.11 Å². The van der Waals surface area contributed by atoms with Gasteiger partial charge >= 0.3 is 0 Å². The summed E-state index contributed by atoms with van der Waals surface area (Å²) in [7, 11) is 1.63. The van der Waals surface area contributed by atoms with Crippen LogP contribution in [0.2, 0.25) is 5.15 Å². The number of nitrogens with one attached hydrogen (secondary N) is 1. The van der Waals surface area contributed by atoms with E-state index in [0.29, 0.717) is 16.8 Å². The van der Waals surface area contributed by atoms with Gasteiger partial charge in [-0.15, -0.1) is 0 Å². The van der Waals surface area contributed by atoms with E-state index in [1.54, 1.807) is 7.11 Å². The van der Waals surface area contributed by atoms with Crippen molar-refractivity contribution in [2.24, 2.45) is 11.8 Å².